The van der Waals surface area contributed by atoms with Crippen molar-refractivity contribution in [2.45, 2.75) is 71.6 Å². The number of nitrogens with zero attached hydrogens (tertiary/aromatic N) is 1. The van der Waals surface area contributed by atoms with Gasteiger partial charge in [-0.1, -0.05) is 13.0 Å². The summed E-state index contributed by atoms with van der Waals surface area (Å²) in [6, 6.07) is 4.55. The summed E-state index contributed by atoms with van der Waals surface area (Å²) in [5, 5.41) is 3.74. The molecule has 1 N–H and O–H groups in total. The predicted octanol–water partition coefficient (Wildman–Crippen LogP) is 4.02. The molecule has 21 heavy (non-hydrogen) atoms. The smallest absolute Gasteiger partial charge is 0.0681 e. The number of aromatic nitrogens is 1. The molecule has 2 unspecified atom stereocenters. The average Bonchev–Trinajstić information content (AvgIpc) is 2.60. The van der Waals surface area contributed by atoms with E-state index in [1.54, 1.807) is 0 Å². The molecule has 0 bridgehead atoms. The van der Waals surface area contributed by atoms with Crippen LogP contribution in [0.3, 0.4) is 0 Å². The van der Waals surface area contributed by atoms with Gasteiger partial charge in [-0.25, -0.2) is 0 Å². The Kier molecular flexibility index (Phi) is 4.74. The van der Waals surface area contributed by atoms with E-state index < -0.39 is 0 Å². The lowest BCUT2D eigenvalue weighted by molar-refractivity contribution is -0.0778. The van der Waals surface area contributed by atoms with Crippen molar-refractivity contribution in [1.29, 1.82) is 0 Å². The fourth-order valence-corrected chi connectivity index (χ4v) is 3.72. The molecular weight excluding hydrogens is 260 g/mol. The van der Waals surface area contributed by atoms with Crippen molar-refractivity contribution in [3.8, 4) is 0 Å². The van der Waals surface area contributed by atoms with Gasteiger partial charge in [0.25, 0.3) is 0 Å². The van der Waals surface area contributed by atoms with Crippen molar-refractivity contribution in [2.24, 2.45) is 5.92 Å². The molecule has 1 aromatic rings. The first-order valence-corrected chi connectivity index (χ1v) is 8.12. The zero-order valence-corrected chi connectivity index (χ0v) is 14.4. The maximum Gasteiger partial charge on any atom is 0.0681 e. The Morgan fingerprint density at radius 2 is 2.10 bits per heavy atom. The molecule has 2 heterocycles. The highest BCUT2D eigenvalue weighted by Crippen LogP contribution is 2.47. The van der Waals surface area contributed by atoms with Gasteiger partial charge < -0.3 is 10.1 Å². The molecule has 3 heteroatoms. The van der Waals surface area contributed by atoms with Crippen LogP contribution in [0.15, 0.2) is 18.3 Å². The fraction of sp³-hybridized carbons (Fsp3) is 0.722. The van der Waals surface area contributed by atoms with E-state index in [0.29, 0.717) is 12.0 Å². The van der Waals surface area contributed by atoms with Crippen LogP contribution in [0.1, 0.15) is 64.8 Å². The lowest BCUT2D eigenvalue weighted by Gasteiger charge is -2.34. The molecule has 1 aromatic heterocycles. The molecule has 0 spiro atoms. The van der Waals surface area contributed by atoms with E-state index in [2.05, 4.69) is 57.9 Å². The first kappa shape index (κ1) is 16.4. The topological polar surface area (TPSA) is 34.2 Å². The SMILES string of the molecule is CCCNC(c1cccnc1C)C1CC(C)(C)OC1(C)C. The Balaban J connectivity index is 2.35. The maximum atomic E-state index is 6.31. The van der Waals surface area contributed by atoms with Crippen LogP contribution in [-0.2, 0) is 4.74 Å². The first-order chi connectivity index (χ1) is 9.77. The minimum Gasteiger partial charge on any atom is -0.369 e. The number of pyridine rings is 1. The molecule has 0 aromatic carbocycles. The van der Waals surface area contributed by atoms with Gasteiger partial charge in [0.05, 0.1) is 11.2 Å². The monoisotopic (exact) mass is 290 g/mol. The number of nitrogens with one attached hydrogen (secondary N) is 1. The van der Waals surface area contributed by atoms with Crippen LogP contribution in [0.2, 0.25) is 0 Å². The van der Waals surface area contributed by atoms with Gasteiger partial charge in [0, 0.05) is 23.9 Å². The molecule has 1 aliphatic heterocycles. The van der Waals surface area contributed by atoms with Gasteiger partial charge in [0.2, 0.25) is 0 Å². The quantitative estimate of drug-likeness (QED) is 0.889. The lowest BCUT2D eigenvalue weighted by atomic mass is 9.78. The fourth-order valence-electron chi connectivity index (χ4n) is 3.72. The molecule has 1 aliphatic rings. The van der Waals surface area contributed by atoms with Crippen LogP contribution < -0.4 is 5.32 Å². The predicted molar refractivity (Wildman–Crippen MR) is 87.4 cm³/mol. The lowest BCUT2D eigenvalue weighted by Crippen LogP contribution is -2.39. The van der Waals surface area contributed by atoms with Crippen molar-refractivity contribution >= 4 is 0 Å². The van der Waals surface area contributed by atoms with E-state index in [1.807, 2.05) is 12.3 Å². The van der Waals surface area contributed by atoms with E-state index in [9.17, 15) is 0 Å². The molecule has 0 amide bonds. The van der Waals surface area contributed by atoms with E-state index in [4.69, 9.17) is 4.74 Å². The first-order valence-electron chi connectivity index (χ1n) is 8.12. The zero-order valence-electron chi connectivity index (χ0n) is 14.4. The molecular formula is C18H30N2O. The van der Waals surface area contributed by atoms with Crippen LogP contribution in [0.5, 0.6) is 0 Å². The Morgan fingerprint density at radius 3 is 2.62 bits per heavy atom. The van der Waals surface area contributed by atoms with Crippen LogP contribution in [-0.4, -0.2) is 22.7 Å². The Morgan fingerprint density at radius 1 is 1.38 bits per heavy atom. The van der Waals surface area contributed by atoms with Crippen LogP contribution in [0, 0.1) is 12.8 Å². The summed E-state index contributed by atoms with van der Waals surface area (Å²) in [4.78, 5) is 4.48. The van der Waals surface area contributed by atoms with E-state index >= 15 is 0 Å². The molecule has 0 saturated carbocycles. The van der Waals surface area contributed by atoms with Gasteiger partial charge in [-0.3, -0.25) is 4.98 Å². The minimum absolute atomic E-state index is 0.0591. The summed E-state index contributed by atoms with van der Waals surface area (Å²) >= 11 is 0. The number of ether oxygens (including phenoxy) is 1. The molecule has 0 radical (unpaired) electrons. The van der Waals surface area contributed by atoms with Crippen LogP contribution >= 0.6 is 0 Å². The van der Waals surface area contributed by atoms with E-state index in [1.165, 1.54) is 5.56 Å². The van der Waals surface area contributed by atoms with Gasteiger partial charge in [-0.05, 0) is 65.6 Å². The van der Waals surface area contributed by atoms with Gasteiger partial charge in [0.1, 0.15) is 0 Å². The van der Waals surface area contributed by atoms with Gasteiger partial charge in [0.15, 0.2) is 0 Å². The minimum atomic E-state index is -0.128. The zero-order chi connectivity index (χ0) is 15.7. The van der Waals surface area contributed by atoms with E-state index in [-0.39, 0.29) is 11.2 Å². The largest absolute Gasteiger partial charge is 0.369 e. The van der Waals surface area contributed by atoms with Crippen molar-refractivity contribution in [3.05, 3.63) is 29.6 Å². The molecule has 1 saturated heterocycles. The number of aryl methyl sites for hydroxylation is 1. The molecule has 0 aliphatic carbocycles. The molecule has 2 rings (SSSR count). The van der Waals surface area contributed by atoms with Gasteiger partial charge in [-0.2, -0.15) is 0 Å². The maximum absolute atomic E-state index is 6.31. The number of hydrogen-bond acceptors (Lipinski definition) is 3. The summed E-state index contributed by atoms with van der Waals surface area (Å²) in [7, 11) is 0. The highest BCUT2D eigenvalue weighted by molar-refractivity contribution is 5.25. The second-order valence-corrected chi connectivity index (χ2v) is 7.39. The average molecular weight is 290 g/mol. The molecule has 2 atom stereocenters. The molecule has 1 fully saturated rings. The van der Waals surface area contributed by atoms with Crippen molar-refractivity contribution < 1.29 is 4.74 Å². The molecule has 118 valence electrons. The third-order valence-corrected chi connectivity index (χ3v) is 4.54. The van der Waals surface area contributed by atoms with Crippen molar-refractivity contribution in [2.75, 3.05) is 6.54 Å². The summed E-state index contributed by atoms with van der Waals surface area (Å²) in [6.07, 6.45) is 4.07. The Labute approximate surface area is 129 Å². The second-order valence-electron chi connectivity index (χ2n) is 7.39. The summed E-state index contributed by atoms with van der Waals surface area (Å²) in [5.74, 6) is 0.446. The summed E-state index contributed by atoms with van der Waals surface area (Å²) < 4.78 is 6.31. The number of rotatable bonds is 5. The standard InChI is InChI=1S/C18H30N2O/c1-7-10-20-16(14-9-8-11-19-13(14)2)15-12-17(3,4)21-18(15,5)6/h8-9,11,15-16,20H,7,10,12H2,1-6H3. The van der Waals surface area contributed by atoms with Gasteiger partial charge in [-0.15, -0.1) is 0 Å². The Bertz CT molecular complexity index is 482. The third kappa shape index (κ3) is 3.64. The van der Waals surface area contributed by atoms with Gasteiger partial charge >= 0.3 is 0 Å². The second kappa shape index (κ2) is 6.05. The summed E-state index contributed by atoms with van der Waals surface area (Å²) in [6.45, 7) is 14.2. The van der Waals surface area contributed by atoms with E-state index in [0.717, 1.165) is 25.1 Å². The normalized spacial score (nSPS) is 25.0. The highest BCUT2D eigenvalue weighted by Gasteiger charge is 2.49. The summed E-state index contributed by atoms with van der Waals surface area (Å²) in [5.41, 5.74) is 2.24. The number of hydrogen-bond donors (Lipinski definition) is 1. The van der Waals surface area contributed by atoms with Crippen LogP contribution in [0.25, 0.3) is 0 Å². The third-order valence-electron chi connectivity index (χ3n) is 4.54. The van der Waals surface area contributed by atoms with Crippen molar-refractivity contribution in [3.63, 3.8) is 0 Å². The highest BCUT2D eigenvalue weighted by atomic mass is 16.5. The molecule has 3 nitrogen and oxygen atoms in total. The Hall–Kier alpha value is -0.930. The van der Waals surface area contributed by atoms with Crippen LogP contribution in [0.4, 0.5) is 0 Å². The van der Waals surface area contributed by atoms with Crippen molar-refractivity contribution in [1.82, 2.24) is 10.3 Å².